The van der Waals surface area contributed by atoms with E-state index in [9.17, 15) is 9.59 Å². The van der Waals surface area contributed by atoms with Gasteiger partial charge in [0.25, 0.3) is 0 Å². The summed E-state index contributed by atoms with van der Waals surface area (Å²) in [5, 5.41) is 8.87. The molecule has 0 atom stereocenters. The highest BCUT2D eigenvalue weighted by atomic mass is 32.2. The Kier molecular flexibility index (Phi) is 4.79. The van der Waals surface area contributed by atoms with E-state index in [1.54, 1.807) is 6.08 Å². The van der Waals surface area contributed by atoms with Gasteiger partial charge in [-0.2, -0.15) is 0 Å². The topological polar surface area (TPSA) is 54.4 Å². The van der Waals surface area contributed by atoms with Gasteiger partial charge >= 0.3 is 5.97 Å². The highest BCUT2D eigenvalue weighted by Crippen LogP contribution is 2.13. The Morgan fingerprint density at radius 3 is 2.44 bits per heavy atom. The quantitative estimate of drug-likeness (QED) is 0.816. The molecule has 1 aromatic carbocycles. The van der Waals surface area contributed by atoms with Crippen molar-refractivity contribution in [3.63, 3.8) is 0 Å². The minimum Gasteiger partial charge on any atom is -0.478 e. The second-order valence-electron chi connectivity index (χ2n) is 3.17. The smallest absolute Gasteiger partial charge is 0.332 e. The molecular formula is C12H12O3S. The van der Waals surface area contributed by atoms with Crippen LogP contribution in [0.4, 0.5) is 0 Å². The van der Waals surface area contributed by atoms with Crippen LogP contribution in [0, 0.1) is 0 Å². The van der Waals surface area contributed by atoms with Gasteiger partial charge in [-0.3, -0.25) is 4.79 Å². The van der Waals surface area contributed by atoms with Crippen molar-refractivity contribution in [2.75, 3.05) is 5.75 Å². The van der Waals surface area contributed by atoms with Crippen molar-refractivity contribution in [3.05, 3.63) is 41.5 Å². The minimum absolute atomic E-state index is 0.0831. The number of carboxylic acid groups (broad SMARTS) is 1. The van der Waals surface area contributed by atoms with E-state index >= 15 is 0 Å². The molecule has 0 spiro atoms. The third-order valence-electron chi connectivity index (χ3n) is 1.85. The van der Waals surface area contributed by atoms with Gasteiger partial charge in [-0.25, -0.2) is 4.79 Å². The fourth-order valence-electron chi connectivity index (χ4n) is 1.09. The Bertz CT molecular complexity index is 410. The monoisotopic (exact) mass is 236 g/mol. The molecule has 1 N–H and O–H groups in total. The number of hydrogen-bond acceptors (Lipinski definition) is 3. The normalized spacial score (nSPS) is 11.2. The Balaban J connectivity index is 2.81. The number of thioether (sulfide) groups is 1. The Morgan fingerprint density at radius 1 is 1.31 bits per heavy atom. The highest BCUT2D eigenvalue weighted by molar-refractivity contribution is 8.13. The molecule has 0 amide bonds. The molecule has 0 unspecified atom stereocenters. The second-order valence-corrected chi connectivity index (χ2v) is 4.32. The molecule has 0 bridgehead atoms. The van der Waals surface area contributed by atoms with Crippen molar-refractivity contribution in [2.45, 2.75) is 6.92 Å². The summed E-state index contributed by atoms with van der Waals surface area (Å²) in [6, 6.07) is 9.18. The molecule has 0 fully saturated rings. The summed E-state index contributed by atoms with van der Waals surface area (Å²) in [7, 11) is 0. The van der Waals surface area contributed by atoms with Crippen molar-refractivity contribution in [2.24, 2.45) is 0 Å². The number of carbonyl (C=O) groups excluding carboxylic acids is 1. The molecule has 0 saturated carbocycles. The first-order valence-corrected chi connectivity index (χ1v) is 5.70. The van der Waals surface area contributed by atoms with Crippen LogP contribution in [-0.2, 0) is 9.59 Å². The Hall–Kier alpha value is -1.55. The van der Waals surface area contributed by atoms with Crippen LogP contribution in [0.5, 0.6) is 0 Å². The van der Waals surface area contributed by atoms with E-state index in [4.69, 9.17) is 5.11 Å². The van der Waals surface area contributed by atoms with E-state index < -0.39 is 5.97 Å². The second kappa shape index (κ2) is 6.12. The number of benzene rings is 1. The Labute approximate surface area is 98.2 Å². The van der Waals surface area contributed by atoms with Crippen LogP contribution in [0.25, 0.3) is 6.08 Å². The molecule has 0 aliphatic heterocycles. The number of carboxylic acids is 1. The Morgan fingerprint density at radius 2 is 1.94 bits per heavy atom. The highest BCUT2D eigenvalue weighted by Gasteiger charge is 2.08. The molecule has 4 heteroatoms. The van der Waals surface area contributed by atoms with E-state index in [2.05, 4.69) is 0 Å². The minimum atomic E-state index is -0.988. The summed E-state index contributed by atoms with van der Waals surface area (Å²) in [4.78, 5) is 21.7. The van der Waals surface area contributed by atoms with Crippen molar-refractivity contribution in [3.8, 4) is 0 Å². The first kappa shape index (κ1) is 12.5. The third kappa shape index (κ3) is 4.31. The van der Waals surface area contributed by atoms with Crippen LogP contribution in [0.3, 0.4) is 0 Å². The number of hydrogen-bond donors (Lipinski definition) is 1. The molecule has 84 valence electrons. The van der Waals surface area contributed by atoms with Crippen LogP contribution in [0.1, 0.15) is 12.5 Å². The first-order valence-electron chi connectivity index (χ1n) is 4.72. The van der Waals surface area contributed by atoms with Crippen LogP contribution < -0.4 is 0 Å². The SMILES string of the molecule is CC(=O)SC/C(=C/c1ccccc1)C(=O)O. The number of aliphatic carboxylic acids is 1. The van der Waals surface area contributed by atoms with E-state index in [-0.39, 0.29) is 16.4 Å². The van der Waals surface area contributed by atoms with Gasteiger partial charge in [0, 0.05) is 18.2 Å². The van der Waals surface area contributed by atoms with Gasteiger partial charge in [0.1, 0.15) is 0 Å². The predicted octanol–water partition coefficient (Wildman–Crippen LogP) is 2.43. The van der Waals surface area contributed by atoms with Crippen molar-refractivity contribution >= 4 is 28.9 Å². The van der Waals surface area contributed by atoms with Crippen molar-refractivity contribution < 1.29 is 14.7 Å². The van der Waals surface area contributed by atoms with Crippen molar-refractivity contribution in [1.29, 1.82) is 0 Å². The first-order chi connectivity index (χ1) is 7.59. The lowest BCUT2D eigenvalue weighted by Gasteiger charge is -2.00. The summed E-state index contributed by atoms with van der Waals surface area (Å²) in [5.41, 5.74) is 1.05. The van der Waals surface area contributed by atoms with Crippen molar-refractivity contribution in [1.82, 2.24) is 0 Å². The zero-order valence-corrected chi connectivity index (χ0v) is 9.66. The fourth-order valence-corrected chi connectivity index (χ4v) is 1.66. The lowest BCUT2D eigenvalue weighted by Crippen LogP contribution is -2.04. The molecule has 1 aromatic rings. The van der Waals surface area contributed by atoms with Gasteiger partial charge < -0.3 is 5.11 Å². The zero-order valence-electron chi connectivity index (χ0n) is 8.84. The predicted molar refractivity (Wildman–Crippen MR) is 65.2 cm³/mol. The van der Waals surface area contributed by atoms with Gasteiger partial charge in [0.05, 0.1) is 0 Å². The van der Waals surface area contributed by atoms with E-state index in [0.29, 0.717) is 0 Å². The van der Waals surface area contributed by atoms with Gasteiger partial charge in [0.15, 0.2) is 5.12 Å². The third-order valence-corrected chi connectivity index (χ3v) is 2.71. The largest absolute Gasteiger partial charge is 0.478 e. The molecule has 0 saturated heterocycles. The maximum Gasteiger partial charge on any atom is 0.332 e. The van der Waals surface area contributed by atoms with E-state index in [1.807, 2.05) is 30.3 Å². The summed E-state index contributed by atoms with van der Waals surface area (Å²) in [6.07, 6.45) is 1.58. The fraction of sp³-hybridized carbons (Fsp3) is 0.167. The molecular weight excluding hydrogens is 224 g/mol. The summed E-state index contributed by atoms with van der Waals surface area (Å²) >= 11 is 0.999. The van der Waals surface area contributed by atoms with Crippen LogP contribution in [-0.4, -0.2) is 21.9 Å². The molecule has 1 rings (SSSR count). The standard InChI is InChI=1S/C12H12O3S/c1-9(13)16-8-11(12(14)15)7-10-5-3-2-4-6-10/h2-7H,8H2,1H3,(H,14,15)/b11-7-. The maximum absolute atomic E-state index is 10.9. The van der Waals surface area contributed by atoms with Gasteiger partial charge in [0.2, 0.25) is 0 Å². The average molecular weight is 236 g/mol. The van der Waals surface area contributed by atoms with Gasteiger partial charge in [-0.1, -0.05) is 42.1 Å². The molecule has 0 aliphatic carbocycles. The lowest BCUT2D eigenvalue weighted by atomic mass is 10.1. The van der Waals surface area contributed by atoms with Crippen LogP contribution in [0.15, 0.2) is 35.9 Å². The number of carbonyl (C=O) groups is 2. The van der Waals surface area contributed by atoms with Crippen LogP contribution in [0.2, 0.25) is 0 Å². The molecule has 0 radical (unpaired) electrons. The van der Waals surface area contributed by atoms with Crippen LogP contribution >= 0.6 is 11.8 Å². The lowest BCUT2D eigenvalue weighted by molar-refractivity contribution is -0.132. The summed E-state index contributed by atoms with van der Waals surface area (Å²) in [5.74, 6) is -0.794. The maximum atomic E-state index is 10.9. The zero-order chi connectivity index (χ0) is 12.0. The summed E-state index contributed by atoms with van der Waals surface area (Å²) < 4.78 is 0. The van der Waals surface area contributed by atoms with Gasteiger partial charge in [-0.05, 0) is 11.6 Å². The van der Waals surface area contributed by atoms with E-state index in [1.165, 1.54) is 6.92 Å². The number of rotatable bonds is 4. The average Bonchev–Trinajstić information content (AvgIpc) is 2.25. The van der Waals surface area contributed by atoms with Gasteiger partial charge in [-0.15, -0.1) is 0 Å². The van der Waals surface area contributed by atoms with E-state index in [0.717, 1.165) is 17.3 Å². The molecule has 16 heavy (non-hydrogen) atoms. The molecule has 3 nitrogen and oxygen atoms in total. The molecule has 0 heterocycles. The summed E-state index contributed by atoms with van der Waals surface area (Å²) in [6.45, 7) is 1.42. The molecule has 0 aromatic heterocycles. The molecule has 0 aliphatic rings.